The van der Waals surface area contributed by atoms with Crippen molar-refractivity contribution in [2.24, 2.45) is 11.7 Å². The topological polar surface area (TPSA) is 92.8 Å². The molecular weight excluding hydrogens is 409 g/mol. The van der Waals surface area contributed by atoms with Gasteiger partial charge in [-0.2, -0.15) is 0 Å². The van der Waals surface area contributed by atoms with E-state index in [1.54, 1.807) is 0 Å². The van der Waals surface area contributed by atoms with Gasteiger partial charge in [0.1, 0.15) is 0 Å². The Kier molecular flexibility index (Phi) is 7.86. The minimum absolute atomic E-state index is 0.129. The van der Waals surface area contributed by atoms with Gasteiger partial charge in [-0.05, 0) is 67.1 Å². The lowest BCUT2D eigenvalue weighted by molar-refractivity contribution is 0.153. The largest absolute Gasteiger partial charge is 0.469 e. The van der Waals surface area contributed by atoms with Crippen molar-refractivity contribution in [3.63, 3.8) is 0 Å². The van der Waals surface area contributed by atoms with Crippen molar-refractivity contribution in [1.29, 1.82) is 0 Å². The molecule has 0 spiro atoms. The number of hydrogen-bond donors (Lipinski definition) is 3. The molecule has 4 N–H and O–H groups in total. The molecule has 1 aromatic carbocycles. The molecule has 0 amide bonds. The summed E-state index contributed by atoms with van der Waals surface area (Å²) in [6.45, 7) is 2.12. The molecule has 0 aromatic heterocycles. The van der Waals surface area contributed by atoms with Gasteiger partial charge in [-0.3, -0.25) is 4.52 Å². The second kappa shape index (κ2) is 9.80. The first kappa shape index (κ1) is 23.2. The number of halogens is 1. The fraction of sp³-hybridized carbons (Fsp3) is 0.727. The summed E-state index contributed by atoms with van der Waals surface area (Å²) in [6.07, 6.45) is 12.1. The molecule has 0 heterocycles. The lowest BCUT2D eigenvalue weighted by Gasteiger charge is -2.28. The standard InChI is InChI=1S/C22H35ClNO4P/c1-2-3-4-5-6-16-7-9-19-17(13-16)8-10-20(21(19)23)18-11-12-22(24,14-18)15-28-29(25,26)27/h8,10,16,18H,2-7,9,11-15,24H2,1H3,(H2,25,26,27)/t16-,18-,22-/m0/s1. The van der Waals surface area contributed by atoms with Gasteiger partial charge >= 0.3 is 7.82 Å². The van der Waals surface area contributed by atoms with Crippen LogP contribution < -0.4 is 5.73 Å². The van der Waals surface area contributed by atoms with E-state index in [1.165, 1.54) is 49.7 Å². The van der Waals surface area contributed by atoms with Gasteiger partial charge < -0.3 is 15.5 Å². The summed E-state index contributed by atoms with van der Waals surface area (Å²) < 4.78 is 15.7. The predicted octanol–water partition coefficient (Wildman–Crippen LogP) is 5.49. The lowest BCUT2D eigenvalue weighted by atomic mass is 9.79. The van der Waals surface area contributed by atoms with E-state index in [9.17, 15) is 4.57 Å². The Balaban J connectivity index is 1.62. The third-order valence-electron chi connectivity index (χ3n) is 6.75. The Morgan fingerprint density at radius 2 is 2.07 bits per heavy atom. The summed E-state index contributed by atoms with van der Waals surface area (Å²) in [5, 5.41) is 0.886. The van der Waals surface area contributed by atoms with Crippen LogP contribution in [-0.2, 0) is 21.9 Å². The summed E-state index contributed by atoms with van der Waals surface area (Å²) >= 11 is 6.85. The van der Waals surface area contributed by atoms with Gasteiger partial charge in [-0.1, -0.05) is 62.8 Å². The van der Waals surface area contributed by atoms with Crippen molar-refractivity contribution >= 4 is 19.4 Å². The molecule has 29 heavy (non-hydrogen) atoms. The van der Waals surface area contributed by atoms with Crippen LogP contribution >= 0.6 is 19.4 Å². The highest BCUT2D eigenvalue weighted by Gasteiger charge is 2.39. The van der Waals surface area contributed by atoms with Crippen LogP contribution in [0.5, 0.6) is 0 Å². The number of unbranched alkanes of at least 4 members (excludes halogenated alkanes) is 3. The van der Waals surface area contributed by atoms with E-state index in [-0.39, 0.29) is 12.5 Å². The normalized spacial score (nSPS) is 27.2. The molecular formula is C22H35ClNO4P. The van der Waals surface area contributed by atoms with Crippen LogP contribution in [0.2, 0.25) is 5.02 Å². The number of hydrogen-bond acceptors (Lipinski definition) is 3. The number of fused-ring (bicyclic) bond motifs is 1. The van der Waals surface area contributed by atoms with Gasteiger partial charge in [-0.15, -0.1) is 0 Å². The first-order valence-electron chi connectivity index (χ1n) is 11.0. The lowest BCUT2D eigenvalue weighted by Crippen LogP contribution is -2.41. The Morgan fingerprint density at radius 3 is 2.79 bits per heavy atom. The van der Waals surface area contributed by atoms with E-state index in [1.807, 2.05) is 0 Å². The predicted molar refractivity (Wildman–Crippen MR) is 117 cm³/mol. The minimum atomic E-state index is -4.50. The zero-order valence-electron chi connectivity index (χ0n) is 17.4. The van der Waals surface area contributed by atoms with Crippen molar-refractivity contribution in [1.82, 2.24) is 0 Å². The smallest absolute Gasteiger partial charge is 0.323 e. The molecule has 164 valence electrons. The molecule has 2 aliphatic carbocycles. The SMILES string of the molecule is CCCCCC[C@H]1CCc2c(ccc([C@H]3CC[C@@](N)(COP(=O)(O)O)C3)c2Cl)C1. The molecule has 0 unspecified atom stereocenters. The number of phosphoric ester groups is 1. The molecule has 1 fully saturated rings. The van der Waals surface area contributed by atoms with Gasteiger partial charge in [0.15, 0.2) is 0 Å². The van der Waals surface area contributed by atoms with Gasteiger partial charge in [0.05, 0.1) is 6.61 Å². The summed E-state index contributed by atoms with van der Waals surface area (Å²) in [6, 6.07) is 4.40. The second-order valence-electron chi connectivity index (χ2n) is 9.13. The number of phosphoric acid groups is 1. The van der Waals surface area contributed by atoms with E-state index >= 15 is 0 Å². The van der Waals surface area contributed by atoms with Gasteiger partial charge in [0.25, 0.3) is 0 Å². The Hall–Kier alpha value is -0.420. The van der Waals surface area contributed by atoms with Crippen LogP contribution in [0.25, 0.3) is 0 Å². The van der Waals surface area contributed by atoms with E-state index in [4.69, 9.17) is 27.1 Å². The first-order chi connectivity index (χ1) is 13.7. The molecule has 3 rings (SSSR count). The highest BCUT2D eigenvalue weighted by Crippen LogP contribution is 2.46. The Bertz CT molecular complexity index is 753. The number of rotatable bonds is 9. The van der Waals surface area contributed by atoms with Gasteiger partial charge in [0, 0.05) is 10.6 Å². The quantitative estimate of drug-likeness (QED) is 0.346. The minimum Gasteiger partial charge on any atom is -0.323 e. The van der Waals surface area contributed by atoms with Crippen molar-refractivity contribution in [3.8, 4) is 0 Å². The van der Waals surface area contributed by atoms with Crippen LogP contribution in [0.3, 0.4) is 0 Å². The molecule has 1 saturated carbocycles. The Labute approximate surface area is 179 Å². The van der Waals surface area contributed by atoms with Crippen molar-refractivity contribution in [3.05, 3.63) is 33.8 Å². The second-order valence-corrected chi connectivity index (χ2v) is 10.7. The maximum Gasteiger partial charge on any atom is 0.469 e. The van der Waals surface area contributed by atoms with Crippen molar-refractivity contribution in [2.75, 3.05) is 6.61 Å². The van der Waals surface area contributed by atoms with Gasteiger partial charge in [-0.25, -0.2) is 4.57 Å². The molecule has 7 heteroatoms. The molecule has 2 aliphatic rings. The molecule has 3 atom stereocenters. The van der Waals surface area contributed by atoms with Gasteiger partial charge in [0.2, 0.25) is 0 Å². The third kappa shape index (κ3) is 6.29. The van der Waals surface area contributed by atoms with Crippen LogP contribution in [0.1, 0.15) is 87.3 Å². The monoisotopic (exact) mass is 443 g/mol. The molecule has 1 aromatic rings. The van der Waals surface area contributed by atoms with Crippen LogP contribution in [0.15, 0.2) is 12.1 Å². The average molecular weight is 444 g/mol. The highest BCUT2D eigenvalue weighted by molar-refractivity contribution is 7.46. The summed E-state index contributed by atoms with van der Waals surface area (Å²) in [7, 11) is -4.50. The average Bonchev–Trinajstić information content (AvgIpc) is 3.06. The van der Waals surface area contributed by atoms with E-state index in [2.05, 4.69) is 23.6 Å². The third-order valence-corrected chi connectivity index (χ3v) is 7.66. The summed E-state index contributed by atoms with van der Waals surface area (Å²) in [5.41, 5.74) is 9.47. The fourth-order valence-corrected chi connectivity index (χ4v) is 5.95. The van der Waals surface area contributed by atoms with Crippen LogP contribution in [0, 0.1) is 5.92 Å². The van der Waals surface area contributed by atoms with Crippen LogP contribution in [0.4, 0.5) is 0 Å². The van der Waals surface area contributed by atoms with Crippen molar-refractivity contribution < 1.29 is 18.9 Å². The van der Waals surface area contributed by atoms with E-state index < -0.39 is 13.4 Å². The van der Waals surface area contributed by atoms with E-state index in [0.717, 1.165) is 35.8 Å². The fourth-order valence-electron chi connectivity index (χ4n) is 5.09. The zero-order chi connectivity index (χ0) is 21.1. The first-order valence-corrected chi connectivity index (χ1v) is 12.9. The zero-order valence-corrected chi connectivity index (χ0v) is 19.1. The number of benzene rings is 1. The van der Waals surface area contributed by atoms with Crippen molar-refractivity contribution in [2.45, 2.75) is 89.0 Å². The maximum atomic E-state index is 11.0. The summed E-state index contributed by atoms with van der Waals surface area (Å²) in [5.74, 6) is 0.985. The molecule has 5 nitrogen and oxygen atoms in total. The van der Waals surface area contributed by atoms with Crippen LogP contribution in [-0.4, -0.2) is 21.9 Å². The molecule has 0 bridgehead atoms. The molecule has 0 radical (unpaired) electrons. The highest BCUT2D eigenvalue weighted by atomic mass is 35.5. The molecule has 0 aliphatic heterocycles. The maximum absolute atomic E-state index is 11.0. The van der Waals surface area contributed by atoms with E-state index in [0.29, 0.717) is 12.8 Å². The Morgan fingerprint density at radius 1 is 1.28 bits per heavy atom. The number of nitrogens with two attached hydrogens (primary N) is 1. The molecule has 0 saturated heterocycles. The summed E-state index contributed by atoms with van der Waals surface area (Å²) in [4.78, 5) is 17.9.